The van der Waals surface area contributed by atoms with Gasteiger partial charge in [0, 0.05) is 12.0 Å². The van der Waals surface area contributed by atoms with E-state index in [0.717, 1.165) is 37.7 Å². The molecule has 33 heavy (non-hydrogen) atoms. The summed E-state index contributed by atoms with van der Waals surface area (Å²) >= 11 is 0. The average molecular weight is 446 g/mol. The van der Waals surface area contributed by atoms with Crippen molar-refractivity contribution in [1.82, 2.24) is 10.1 Å². The van der Waals surface area contributed by atoms with Gasteiger partial charge in [-0.15, -0.1) is 0 Å². The summed E-state index contributed by atoms with van der Waals surface area (Å²) in [6, 6.07) is 17.6. The number of hydrogen-bond acceptors (Lipinski definition) is 5. The van der Waals surface area contributed by atoms with Crippen LogP contribution in [0.2, 0.25) is 0 Å². The number of carbonyl (C=O) groups is 2. The first-order valence-corrected chi connectivity index (χ1v) is 11.6. The van der Waals surface area contributed by atoms with E-state index in [4.69, 9.17) is 9.63 Å². The van der Waals surface area contributed by atoms with Crippen LogP contribution in [0.1, 0.15) is 65.3 Å². The van der Waals surface area contributed by atoms with E-state index in [9.17, 15) is 9.59 Å². The van der Waals surface area contributed by atoms with E-state index in [0.29, 0.717) is 35.6 Å². The van der Waals surface area contributed by atoms with Crippen molar-refractivity contribution in [3.05, 3.63) is 77.1 Å². The molecule has 3 aromatic rings. The molecular weight excluding hydrogens is 418 g/mol. The van der Waals surface area contributed by atoms with Gasteiger partial charge in [0.15, 0.2) is 5.82 Å². The van der Waals surface area contributed by atoms with Gasteiger partial charge in [0.25, 0.3) is 5.91 Å². The summed E-state index contributed by atoms with van der Waals surface area (Å²) in [6.45, 7) is 0. The van der Waals surface area contributed by atoms with Crippen molar-refractivity contribution < 1.29 is 19.2 Å². The molecule has 0 spiro atoms. The molecule has 1 amide bonds. The summed E-state index contributed by atoms with van der Waals surface area (Å²) in [5.41, 5.74) is 2.84. The summed E-state index contributed by atoms with van der Waals surface area (Å²) in [6.07, 6.45) is 5.71. The van der Waals surface area contributed by atoms with Crippen molar-refractivity contribution in [3.8, 4) is 0 Å². The third kappa shape index (κ3) is 4.97. The number of hydrogen-bond donors (Lipinski definition) is 2. The Morgan fingerprint density at radius 2 is 1.73 bits per heavy atom. The number of carboxylic acids is 1. The van der Waals surface area contributed by atoms with Crippen LogP contribution in [-0.4, -0.2) is 27.1 Å². The number of nitrogens with one attached hydrogen (secondary N) is 1. The molecule has 0 saturated heterocycles. The molecule has 0 radical (unpaired) electrons. The van der Waals surface area contributed by atoms with Crippen LogP contribution in [-0.2, 0) is 11.2 Å². The average Bonchev–Trinajstić information content (AvgIpc) is 3.54. The predicted molar refractivity (Wildman–Crippen MR) is 122 cm³/mol. The molecule has 170 valence electrons. The lowest BCUT2D eigenvalue weighted by Crippen LogP contribution is -2.17. The zero-order valence-corrected chi connectivity index (χ0v) is 18.3. The Balaban J connectivity index is 1.13. The van der Waals surface area contributed by atoms with Gasteiger partial charge in [-0.2, -0.15) is 4.98 Å². The highest BCUT2D eigenvalue weighted by Gasteiger charge is 2.48. The van der Waals surface area contributed by atoms with Crippen molar-refractivity contribution in [1.29, 1.82) is 0 Å². The third-order valence-corrected chi connectivity index (χ3v) is 7.07. The Labute approximate surface area is 192 Å². The molecule has 2 aliphatic rings. The minimum Gasteiger partial charge on any atom is -0.481 e. The first-order chi connectivity index (χ1) is 16.1. The number of aliphatic carboxylic acids is 1. The Kier molecular flexibility index (Phi) is 5.94. The van der Waals surface area contributed by atoms with Gasteiger partial charge in [0.1, 0.15) is 0 Å². The van der Waals surface area contributed by atoms with Crippen molar-refractivity contribution in [2.24, 2.45) is 17.8 Å². The maximum Gasteiger partial charge on any atom is 0.328 e. The van der Waals surface area contributed by atoms with Gasteiger partial charge in [-0.05, 0) is 73.1 Å². The molecule has 1 heterocycles. The van der Waals surface area contributed by atoms with E-state index >= 15 is 0 Å². The Bertz CT molecular complexity index is 1120. The van der Waals surface area contributed by atoms with Gasteiger partial charge < -0.3 is 9.63 Å². The lowest BCUT2D eigenvalue weighted by molar-refractivity contribution is -0.139. The summed E-state index contributed by atoms with van der Waals surface area (Å²) in [7, 11) is 0. The quantitative estimate of drug-likeness (QED) is 0.535. The number of carboxylic acid groups (broad SMARTS) is 1. The van der Waals surface area contributed by atoms with Crippen LogP contribution >= 0.6 is 0 Å². The molecule has 5 rings (SSSR count). The van der Waals surface area contributed by atoms with Crippen molar-refractivity contribution in [3.63, 3.8) is 0 Å². The van der Waals surface area contributed by atoms with Crippen molar-refractivity contribution in [2.75, 3.05) is 5.32 Å². The fraction of sp³-hybridized carbons (Fsp3) is 0.385. The molecule has 2 fully saturated rings. The van der Waals surface area contributed by atoms with Crippen LogP contribution in [0.25, 0.3) is 0 Å². The summed E-state index contributed by atoms with van der Waals surface area (Å²) < 4.78 is 5.17. The van der Waals surface area contributed by atoms with Gasteiger partial charge >= 0.3 is 12.0 Å². The van der Waals surface area contributed by atoms with Gasteiger partial charge in [0.2, 0.25) is 0 Å². The summed E-state index contributed by atoms with van der Waals surface area (Å²) in [5, 5.41) is 15.8. The molecule has 2 aromatic carbocycles. The van der Waals surface area contributed by atoms with Crippen molar-refractivity contribution >= 4 is 17.9 Å². The number of carbonyl (C=O) groups excluding carboxylic acids is 1. The highest BCUT2D eigenvalue weighted by molar-refractivity contribution is 6.03. The minimum absolute atomic E-state index is 0.0908. The highest BCUT2D eigenvalue weighted by Crippen LogP contribution is 2.51. The van der Waals surface area contributed by atoms with Crippen LogP contribution in [0.5, 0.6) is 0 Å². The largest absolute Gasteiger partial charge is 0.481 e. The molecule has 0 aliphatic heterocycles. The maximum absolute atomic E-state index is 12.6. The van der Waals surface area contributed by atoms with E-state index in [1.165, 1.54) is 5.56 Å². The Hall–Kier alpha value is -3.48. The van der Waals surface area contributed by atoms with E-state index in [1.807, 2.05) is 54.6 Å². The molecule has 0 bridgehead atoms. The second kappa shape index (κ2) is 9.17. The monoisotopic (exact) mass is 445 g/mol. The fourth-order valence-electron chi connectivity index (χ4n) is 5.13. The molecule has 2 N–H and O–H groups in total. The van der Waals surface area contributed by atoms with Crippen LogP contribution in [0.15, 0.2) is 59.1 Å². The van der Waals surface area contributed by atoms with E-state index in [2.05, 4.69) is 15.5 Å². The van der Waals surface area contributed by atoms with Crippen LogP contribution in [0, 0.1) is 17.8 Å². The first kappa shape index (κ1) is 21.4. The molecule has 2 atom stereocenters. The van der Waals surface area contributed by atoms with Gasteiger partial charge in [-0.1, -0.05) is 47.6 Å². The molecule has 7 nitrogen and oxygen atoms in total. The second-order valence-electron chi connectivity index (χ2n) is 9.21. The smallest absolute Gasteiger partial charge is 0.328 e. The fourth-order valence-corrected chi connectivity index (χ4v) is 5.13. The second-order valence-corrected chi connectivity index (χ2v) is 9.21. The number of rotatable bonds is 7. The SMILES string of the molecule is O=C(Nc1nc(Cc2ccccc2)no1)c1ccc(C2CCC([C@@H]3C[C@H]3C(=O)O)CC2)cc1. The molecular formula is C26H27N3O4. The highest BCUT2D eigenvalue weighted by atomic mass is 16.5. The molecule has 1 aromatic heterocycles. The van der Waals surface area contributed by atoms with Crippen LogP contribution in [0.3, 0.4) is 0 Å². The Morgan fingerprint density at radius 3 is 2.39 bits per heavy atom. The van der Waals surface area contributed by atoms with Crippen LogP contribution < -0.4 is 5.32 Å². The zero-order valence-electron chi connectivity index (χ0n) is 18.3. The number of benzene rings is 2. The van der Waals surface area contributed by atoms with E-state index in [1.54, 1.807) is 0 Å². The lowest BCUT2D eigenvalue weighted by Gasteiger charge is -2.29. The third-order valence-electron chi connectivity index (χ3n) is 7.07. The Morgan fingerprint density at radius 1 is 1.00 bits per heavy atom. The van der Waals surface area contributed by atoms with Crippen molar-refractivity contribution in [2.45, 2.75) is 44.4 Å². The number of amides is 1. The predicted octanol–water partition coefficient (Wildman–Crippen LogP) is 4.91. The van der Waals surface area contributed by atoms with E-state index < -0.39 is 5.97 Å². The maximum atomic E-state index is 12.6. The zero-order chi connectivity index (χ0) is 22.8. The summed E-state index contributed by atoms with van der Waals surface area (Å²) in [5.74, 6) is 0.886. The van der Waals surface area contributed by atoms with Gasteiger partial charge in [-0.25, -0.2) is 0 Å². The minimum atomic E-state index is -0.635. The van der Waals surface area contributed by atoms with E-state index in [-0.39, 0.29) is 17.8 Å². The number of anilines is 1. The number of nitrogens with zero attached hydrogens (tertiary/aromatic N) is 2. The summed E-state index contributed by atoms with van der Waals surface area (Å²) in [4.78, 5) is 28.0. The first-order valence-electron chi connectivity index (χ1n) is 11.6. The standard InChI is InChI=1S/C26H27N3O4/c30-24(28-26-27-23(29-33-26)14-16-4-2-1-3-5-16)20-12-8-18(9-13-20)17-6-10-19(11-7-17)21-15-22(21)25(31)32/h1-5,8-9,12-13,17,19,21-22H,6-7,10-11,14-15H2,(H,31,32)(H,27,28,29,30)/t17?,19?,21-,22+/m0/s1. The van der Waals surface area contributed by atoms with Gasteiger partial charge in [-0.3, -0.25) is 14.9 Å². The van der Waals surface area contributed by atoms with Crippen LogP contribution in [0.4, 0.5) is 6.01 Å². The molecule has 7 heteroatoms. The molecule has 2 saturated carbocycles. The molecule has 2 aliphatic carbocycles. The number of aromatic nitrogens is 2. The molecule has 0 unspecified atom stereocenters. The normalized spacial score (nSPS) is 24.2. The topological polar surface area (TPSA) is 105 Å². The van der Waals surface area contributed by atoms with Gasteiger partial charge in [0.05, 0.1) is 5.92 Å². The lowest BCUT2D eigenvalue weighted by atomic mass is 9.76.